The van der Waals surface area contributed by atoms with Gasteiger partial charge in [0, 0.05) is 14.2 Å². The van der Waals surface area contributed by atoms with Crippen LogP contribution < -0.4 is 0 Å². The quantitative estimate of drug-likeness (QED) is 0.386. The molecular formula is C6H10NO5P. The number of hydrogen-bond donors (Lipinski definition) is 0. The van der Waals surface area contributed by atoms with Crippen LogP contribution in [0.1, 0.15) is 6.92 Å². The second-order valence-corrected chi connectivity index (χ2v) is 4.68. The van der Waals surface area contributed by atoms with E-state index in [-0.39, 0.29) is 0 Å². The monoisotopic (exact) mass is 207 g/mol. The van der Waals surface area contributed by atoms with Gasteiger partial charge in [-0.1, -0.05) is 0 Å². The average molecular weight is 207 g/mol. The summed E-state index contributed by atoms with van der Waals surface area (Å²) in [7, 11) is -1.18. The molecule has 0 radical (unpaired) electrons. The highest BCUT2D eigenvalue weighted by Gasteiger charge is 2.37. The molecule has 0 aromatic carbocycles. The van der Waals surface area contributed by atoms with Crippen molar-refractivity contribution in [3.8, 4) is 6.26 Å². The molecule has 0 heterocycles. The van der Waals surface area contributed by atoms with Crippen molar-refractivity contribution in [1.82, 2.24) is 0 Å². The lowest BCUT2D eigenvalue weighted by atomic mass is 10.5. The first-order valence-corrected chi connectivity index (χ1v) is 4.94. The Kier molecular flexibility index (Phi) is 4.63. The largest absolute Gasteiger partial charge is 0.350 e. The minimum atomic E-state index is -3.48. The number of ether oxygens (including phenoxy) is 1. The maximum Gasteiger partial charge on any atom is 0.344 e. The van der Waals surface area contributed by atoms with Crippen molar-refractivity contribution in [2.45, 2.75) is 12.6 Å². The Morgan fingerprint density at radius 3 is 2.23 bits per heavy atom. The molecule has 74 valence electrons. The number of esters is 1. The topological polar surface area (TPSA) is 85.6 Å². The van der Waals surface area contributed by atoms with Crippen molar-refractivity contribution >= 4 is 13.6 Å². The van der Waals surface area contributed by atoms with Gasteiger partial charge >= 0.3 is 13.6 Å². The molecular weight excluding hydrogens is 197 g/mol. The van der Waals surface area contributed by atoms with E-state index in [1.807, 2.05) is 0 Å². The van der Waals surface area contributed by atoms with Crippen LogP contribution in [0.3, 0.4) is 0 Å². The predicted molar refractivity (Wildman–Crippen MR) is 42.8 cm³/mol. The van der Waals surface area contributed by atoms with E-state index in [1.54, 1.807) is 0 Å². The Morgan fingerprint density at radius 2 is 1.92 bits per heavy atom. The van der Waals surface area contributed by atoms with Gasteiger partial charge in [-0.2, -0.15) is 0 Å². The van der Waals surface area contributed by atoms with Crippen molar-refractivity contribution in [2.24, 2.45) is 0 Å². The third-order valence-corrected chi connectivity index (χ3v) is 3.65. The van der Waals surface area contributed by atoms with Crippen LogP contribution in [0.2, 0.25) is 0 Å². The molecule has 13 heavy (non-hydrogen) atoms. The Bertz CT molecular complexity index is 263. The van der Waals surface area contributed by atoms with Crippen molar-refractivity contribution in [1.29, 1.82) is 5.26 Å². The summed E-state index contributed by atoms with van der Waals surface area (Å²) in [6, 6.07) is 0. The van der Waals surface area contributed by atoms with Crippen LogP contribution in [0.15, 0.2) is 0 Å². The van der Waals surface area contributed by atoms with Gasteiger partial charge in [0.05, 0.1) is 0 Å². The van der Waals surface area contributed by atoms with Gasteiger partial charge in [0.1, 0.15) is 0 Å². The molecule has 0 saturated heterocycles. The molecule has 0 aromatic heterocycles. The van der Waals surface area contributed by atoms with Gasteiger partial charge < -0.3 is 13.8 Å². The molecule has 1 atom stereocenters. The number of hydrogen-bond acceptors (Lipinski definition) is 6. The number of carbonyl (C=O) groups excluding carboxylic acids is 1. The first kappa shape index (κ1) is 12.1. The first-order chi connectivity index (χ1) is 6.01. The van der Waals surface area contributed by atoms with E-state index in [0.717, 1.165) is 14.2 Å². The molecule has 0 spiro atoms. The lowest BCUT2D eigenvalue weighted by molar-refractivity contribution is -0.136. The highest BCUT2D eigenvalue weighted by atomic mass is 31.2. The smallest absolute Gasteiger partial charge is 0.344 e. The van der Waals surface area contributed by atoms with Crippen LogP contribution in [-0.4, -0.2) is 25.8 Å². The van der Waals surface area contributed by atoms with Crippen LogP contribution in [0.5, 0.6) is 0 Å². The molecule has 0 rings (SSSR count). The molecule has 0 amide bonds. The summed E-state index contributed by atoms with van der Waals surface area (Å²) in [5.74, 6) is -0.936. The van der Waals surface area contributed by atoms with Gasteiger partial charge in [0.15, 0.2) is 5.66 Å². The standard InChI is InChI=1S/C6H10NO5P/c1-5(6(8)12-4-7)13(9,10-2)11-3/h5H,1-3H3. The number of nitriles is 1. The summed E-state index contributed by atoms with van der Waals surface area (Å²) in [4.78, 5) is 10.9. The zero-order valence-corrected chi connectivity index (χ0v) is 8.41. The molecule has 1 unspecified atom stereocenters. The Hall–Kier alpha value is -0.890. The Morgan fingerprint density at radius 1 is 1.46 bits per heavy atom. The Balaban J connectivity index is 4.58. The average Bonchev–Trinajstić information content (AvgIpc) is 2.16. The van der Waals surface area contributed by atoms with Crippen LogP contribution in [-0.2, 0) is 23.1 Å². The summed E-state index contributed by atoms with van der Waals surface area (Å²) in [6.07, 6.45) is 1.19. The summed E-state index contributed by atoms with van der Waals surface area (Å²) < 4.78 is 24.6. The van der Waals surface area contributed by atoms with E-state index in [9.17, 15) is 9.36 Å². The van der Waals surface area contributed by atoms with Gasteiger partial charge in [0.2, 0.25) is 0 Å². The number of rotatable bonds is 4. The number of nitrogens with zero attached hydrogens (tertiary/aromatic N) is 1. The third-order valence-electron chi connectivity index (χ3n) is 1.47. The van der Waals surface area contributed by atoms with Gasteiger partial charge in [-0.3, -0.25) is 4.57 Å². The minimum absolute atomic E-state index is 0.936. The number of carbonyl (C=O) groups is 1. The molecule has 0 aliphatic carbocycles. The first-order valence-electron chi connectivity index (χ1n) is 3.32. The van der Waals surface area contributed by atoms with Crippen LogP contribution in [0.4, 0.5) is 0 Å². The van der Waals surface area contributed by atoms with E-state index in [4.69, 9.17) is 5.26 Å². The summed E-state index contributed by atoms with van der Waals surface area (Å²) in [5, 5.41) is 8.03. The van der Waals surface area contributed by atoms with Gasteiger partial charge in [-0.25, -0.2) is 4.79 Å². The molecule has 0 bridgehead atoms. The van der Waals surface area contributed by atoms with Crippen molar-refractivity contribution in [3.05, 3.63) is 0 Å². The zero-order valence-electron chi connectivity index (χ0n) is 7.51. The van der Waals surface area contributed by atoms with Gasteiger partial charge in [-0.15, -0.1) is 5.26 Å². The summed E-state index contributed by atoms with van der Waals surface area (Å²) >= 11 is 0. The second kappa shape index (κ2) is 4.97. The molecule has 7 heteroatoms. The van der Waals surface area contributed by atoms with Gasteiger partial charge in [0.25, 0.3) is 6.26 Å². The predicted octanol–water partition coefficient (Wildman–Crippen LogP) is 0.885. The van der Waals surface area contributed by atoms with Gasteiger partial charge in [-0.05, 0) is 6.92 Å². The van der Waals surface area contributed by atoms with Crippen LogP contribution in [0, 0.1) is 11.5 Å². The lowest BCUT2D eigenvalue weighted by Crippen LogP contribution is -2.20. The van der Waals surface area contributed by atoms with Crippen molar-refractivity contribution < 1.29 is 23.1 Å². The SMILES string of the molecule is COP(=O)(OC)C(C)C(=O)OC#N. The van der Waals surface area contributed by atoms with E-state index < -0.39 is 19.2 Å². The van der Waals surface area contributed by atoms with Crippen molar-refractivity contribution in [2.75, 3.05) is 14.2 Å². The molecule has 0 aliphatic rings. The van der Waals surface area contributed by atoms with Crippen LogP contribution in [0.25, 0.3) is 0 Å². The summed E-state index contributed by atoms with van der Waals surface area (Å²) in [6.45, 7) is 1.30. The van der Waals surface area contributed by atoms with Crippen molar-refractivity contribution in [3.63, 3.8) is 0 Å². The normalized spacial score (nSPS) is 13.1. The van der Waals surface area contributed by atoms with Crippen LogP contribution >= 0.6 is 7.60 Å². The minimum Gasteiger partial charge on any atom is -0.350 e. The van der Waals surface area contributed by atoms with E-state index in [2.05, 4.69) is 13.8 Å². The summed E-state index contributed by atoms with van der Waals surface area (Å²) in [5.41, 5.74) is -1.11. The Labute approximate surface area is 75.9 Å². The fraction of sp³-hybridized carbons (Fsp3) is 0.667. The van der Waals surface area contributed by atoms with E-state index in [0.29, 0.717) is 0 Å². The van der Waals surface area contributed by atoms with E-state index >= 15 is 0 Å². The highest BCUT2D eigenvalue weighted by Crippen LogP contribution is 2.51. The maximum atomic E-state index is 11.5. The molecule has 0 aliphatic heterocycles. The second-order valence-electron chi connectivity index (χ2n) is 2.09. The third kappa shape index (κ3) is 2.81. The molecule has 6 nitrogen and oxygen atoms in total. The molecule has 0 fully saturated rings. The molecule has 0 saturated carbocycles. The fourth-order valence-corrected chi connectivity index (χ4v) is 1.74. The lowest BCUT2D eigenvalue weighted by Gasteiger charge is -2.17. The maximum absolute atomic E-state index is 11.5. The fourth-order valence-electron chi connectivity index (χ4n) is 0.650. The molecule has 0 aromatic rings. The highest BCUT2D eigenvalue weighted by molar-refractivity contribution is 7.55. The van der Waals surface area contributed by atoms with E-state index in [1.165, 1.54) is 13.2 Å². The zero-order chi connectivity index (χ0) is 10.5. The molecule has 0 N–H and O–H groups in total.